The van der Waals surface area contributed by atoms with Crippen molar-refractivity contribution < 1.29 is 19.4 Å². The van der Waals surface area contributed by atoms with Crippen molar-refractivity contribution in [1.82, 2.24) is 0 Å². The van der Waals surface area contributed by atoms with Crippen LogP contribution in [-0.2, 0) is 14.3 Å². The minimum absolute atomic E-state index is 0.329. The Bertz CT molecular complexity index is 183. The molecule has 0 aromatic heterocycles. The summed E-state index contributed by atoms with van der Waals surface area (Å²) in [6.45, 7) is 5.56. The van der Waals surface area contributed by atoms with Gasteiger partial charge in [-0.1, -0.05) is 6.58 Å². The van der Waals surface area contributed by atoms with E-state index in [4.69, 9.17) is 15.3 Å². The first kappa shape index (κ1) is 17.9. The Balaban J connectivity index is -0.000000135. The number of carbonyl (C=O) groups is 2. The summed E-state index contributed by atoms with van der Waals surface area (Å²) in [7, 11) is 0. The van der Waals surface area contributed by atoms with Gasteiger partial charge in [0.2, 0.25) is 0 Å². The molecular weight excluding hydrogens is 190 g/mol. The van der Waals surface area contributed by atoms with Crippen molar-refractivity contribution in [2.24, 2.45) is 11.5 Å². The Labute approximate surface area is 81.8 Å². The highest BCUT2D eigenvalue weighted by atomic mass is 16.5. The first-order valence-electron chi connectivity index (χ1n) is 3.31. The van der Waals surface area contributed by atoms with Gasteiger partial charge in [0.25, 0.3) is 5.97 Å². The molecule has 0 aromatic carbocycles. The highest BCUT2D eigenvalue weighted by molar-refractivity contribution is 5.71. The molecule has 0 atom stereocenters. The van der Waals surface area contributed by atoms with Crippen molar-refractivity contribution in [2.45, 2.75) is 13.8 Å². The van der Waals surface area contributed by atoms with Crippen LogP contribution in [0, 0.1) is 5.41 Å². The van der Waals surface area contributed by atoms with Crippen molar-refractivity contribution in [1.29, 1.82) is 5.41 Å². The molecule has 14 heavy (non-hydrogen) atoms. The van der Waals surface area contributed by atoms with Crippen LogP contribution in [0.5, 0.6) is 0 Å². The predicted molar refractivity (Wildman–Crippen MR) is 51.4 cm³/mol. The number of esters is 1. The van der Waals surface area contributed by atoms with Crippen molar-refractivity contribution in [3.05, 3.63) is 12.8 Å². The first-order valence-corrected chi connectivity index (χ1v) is 3.31. The lowest BCUT2D eigenvalue weighted by atomic mass is 10.8. The Morgan fingerprint density at radius 3 is 1.64 bits per heavy atom. The topological polar surface area (TPSA) is 139 Å². The van der Waals surface area contributed by atoms with Gasteiger partial charge in [-0.2, -0.15) is 0 Å². The number of carbonyl (C=O) groups excluding carboxylic acids is 1. The SMILES string of the molecule is C=COC(C)=O.CC(=O)O.N=C(N)N. The quantitative estimate of drug-likeness (QED) is 0.199. The second-order valence-corrected chi connectivity index (χ2v) is 1.75. The molecule has 0 aliphatic carbocycles. The summed E-state index contributed by atoms with van der Waals surface area (Å²) in [5.41, 5.74) is 8.94. The molecule has 82 valence electrons. The van der Waals surface area contributed by atoms with Gasteiger partial charge in [0.05, 0.1) is 6.26 Å². The van der Waals surface area contributed by atoms with Gasteiger partial charge in [-0.3, -0.25) is 15.0 Å². The van der Waals surface area contributed by atoms with Crippen LogP contribution in [0.25, 0.3) is 0 Å². The van der Waals surface area contributed by atoms with Crippen LogP contribution in [0.4, 0.5) is 0 Å². The molecule has 0 unspecified atom stereocenters. The van der Waals surface area contributed by atoms with E-state index in [-0.39, 0.29) is 11.9 Å². The Morgan fingerprint density at radius 2 is 1.64 bits per heavy atom. The fourth-order valence-corrected chi connectivity index (χ4v) is 0.117. The Morgan fingerprint density at radius 1 is 1.43 bits per heavy atom. The van der Waals surface area contributed by atoms with Crippen LogP contribution in [0.1, 0.15) is 13.8 Å². The maximum Gasteiger partial charge on any atom is 0.307 e. The molecule has 0 fully saturated rings. The van der Waals surface area contributed by atoms with Crippen molar-refractivity contribution >= 4 is 17.9 Å². The number of hydrogen-bond acceptors (Lipinski definition) is 4. The smallest absolute Gasteiger partial charge is 0.307 e. The molecule has 7 heteroatoms. The lowest BCUT2D eigenvalue weighted by molar-refractivity contribution is -0.136. The standard InChI is InChI=1S/C4H6O2.C2H4O2.CH5N3/c1-3-6-4(2)5;1-2(3)4;2-1(3)4/h3H,1H2,2H3;1H3,(H,3,4);(H5,2,3,4). The van der Waals surface area contributed by atoms with Gasteiger partial charge in [-0.15, -0.1) is 0 Å². The number of carboxylic acid groups (broad SMARTS) is 1. The third kappa shape index (κ3) is 883. The van der Waals surface area contributed by atoms with Crippen molar-refractivity contribution in [3.63, 3.8) is 0 Å². The number of nitrogens with two attached hydrogens (primary N) is 2. The van der Waals surface area contributed by atoms with Crippen LogP contribution in [0.15, 0.2) is 12.8 Å². The second-order valence-electron chi connectivity index (χ2n) is 1.75. The minimum atomic E-state index is -0.833. The number of hydrogen-bond donors (Lipinski definition) is 4. The van der Waals surface area contributed by atoms with Gasteiger partial charge in [0, 0.05) is 13.8 Å². The highest BCUT2D eigenvalue weighted by Gasteiger charge is 1.79. The number of carboxylic acids is 1. The number of aliphatic carboxylic acids is 1. The fourth-order valence-electron chi connectivity index (χ4n) is 0.117. The van der Waals surface area contributed by atoms with Crippen LogP contribution in [0.2, 0.25) is 0 Å². The predicted octanol–water partition coefficient (Wildman–Crippen LogP) is -0.378. The van der Waals surface area contributed by atoms with Crippen molar-refractivity contribution in [3.8, 4) is 0 Å². The molecule has 0 bridgehead atoms. The largest absolute Gasteiger partial charge is 0.481 e. The van der Waals surface area contributed by atoms with E-state index in [2.05, 4.69) is 22.8 Å². The van der Waals surface area contributed by atoms with Gasteiger partial charge in [0.15, 0.2) is 5.96 Å². The van der Waals surface area contributed by atoms with E-state index < -0.39 is 5.97 Å². The third-order valence-electron chi connectivity index (χ3n) is 0.249. The average Bonchev–Trinajstić information content (AvgIpc) is 1.82. The summed E-state index contributed by atoms with van der Waals surface area (Å²) in [6, 6.07) is 0. The van der Waals surface area contributed by atoms with E-state index in [1.165, 1.54) is 6.92 Å². The van der Waals surface area contributed by atoms with E-state index in [0.717, 1.165) is 13.2 Å². The molecule has 6 N–H and O–H groups in total. The number of rotatable bonds is 1. The van der Waals surface area contributed by atoms with Crippen LogP contribution in [0.3, 0.4) is 0 Å². The lowest BCUT2D eigenvalue weighted by Crippen LogP contribution is -2.20. The third-order valence-corrected chi connectivity index (χ3v) is 0.249. The van der Waals surface area contributed by atoms with Gasteiger partial charge < -0.3 is 21.3 Å². The number of nitrogens with one attached hydrogen (secondary N) is 1. The molecule has 0 radical (unpaired) electrons. The molecule has 7 nitrogen and oxygen atoms in total. The number of ether oxygens (including phenoxy) is 1. The van der Waals surface area contributed by atoms with Crippen molar-refractivity contribution in [2.75, 3.05) is 0 Å². The number of guanidine groups is 1. The lowest BCUT2D eigenvalue weighted by Gasteiger charge is -1.83. The maximum atomic E-state index is 9.75. The van der Waals surface area contributed by atoms with E-state index in [9.17, 15) is 4.79 Å². The van der Waals surface area contributed by atoms with Crippen LogP contribution in [-0.4, -0.2) is 23.0 Å². The zero-order valence-corrected chi connectivity index (χ0v) is 8.11. The minimum Gasteiger partial charge on any atom is -0.481 e. The van der Waals surface area contributed by atoms with Gasteiger partial charge >= 0.3 is 5.97 Å². The van der Waals surface area contributed by atoms with E-state index >= 15 is 0 Å². The Kier molecular flexibility index (Phi) is 17.3. The summed E-state index contributed by atoms with van der Waals surface area (Å²) in [5.74, 6) is -1.50. The zero-order chi connectivity index (χ0) is 12.1. The molecule has 0 spiro atoms. The zero-order valence-electron chi connectivity index (χ0n) is 8.11. The molecule has 0 saturated heterocycles. The highest BCUT2D eigenvalue weighted by Crippen LogP contribution is 1.70. The van der Waals surface area contributed by atoms with Gasteiger partial charge in [-0.05, 0) is 0 Å². The molecule has 0 saturated carbocycles. The summed E-state index contributed by atoms with van der Waals surface area (Å²) in [5, 5.41) is 13.5. The van der Waals surface area contributed by atoms with Crippen LogP contribution >= 0.6 is 0 Å². The summed E-state index contributed by atoms with van der Waals surface area (Å²) >= 11 is 0. The monoisotopic (exact) mass is 205 g/mol. The van der Waals surface area contributed by atoms with E-state index in [0.29, 0.717) is 0 Å². The van der Waals surface area contributed by atoms with Crippen LogP contribution < -0.4 is 11.5 Å². The molecule has 0 aromatic rings. The average molecular weight is 205 g/mol. The first-order chi connectivity index (χ1) is 6.23. The van der Waals surface area contributed by atoms with E-state index in [1.807, 2.05) is 0 Å². The molecule has 0 aliphatic rings. The Hall–Kier alpha value is -2.05. The van der Waals surface area contributed by atoms with Gasteiger partial charge in [0.1, 0.15) is 0 Å². The molecule has 0 amide bonds. The van der Waals surface area contributed by atoms with E-state index in [1.54, 1.807) is 0 Å². The molecule has 0 heterocycles. The maximum absolute atomic E-state index is 9.75. The molecule has 0 aliphatic heterocycles. The summed E-state index contributed by atoms with van der Waals surface area (Å²) < 4.78 is 4.17. The summed E-state index contributed by atoms with van der Waals surface area (Å²) in [4.78, 5) is 18.8. The normalized spacial score (nSPS) is 6.43. The fraction of sp³-hybridized carbons (Fsp3) is 0.286. The molecular formula is C7H15N3O4. The second kappa shape index (κ2) is 13.5. The van der Waals surface area contributed by atoms with Gasteiger partial charge in [-0.25, -0.2) is 0 Å². The molecule has 0 rings (SSSR count). The summed E-state index contributed by atoms with van der Waals surface area (Å²) in [6.07, 6.45) is 1.10.